The van der Waals surface area contributed by atoms with E-state index in [1.165, 1.54) is 0 Å². The molecular formula is C20H22Br2ClNO3. The van der Waals surface area contributed by atoms with Gasteiger partial charge in [-0.2, -0.15) is 0 Å². The van der Waals surface area contributed by atoms with E-state index in [0.717, 1.165) is 32.2 Å². The molecule has 0 amide bonds. The van der Waals surface area contributed by atoms with Crippen molar-refractivity contribution in [3.05, 3.63) is 55.4 Å². The standard InChI is InChI=1S/C20H22Br2ClNO3/c1-3-12(2)24-16-7-14(6-15(23)10-16)11-27-20-17(21)8-13(9-18(20)22)4-5-19(25)26/h6-10,12,24H,3-5,11H2,1-2H3,(H,25,26). The first-order valence-corrected chi connectivity index (χ1v) is 10.6. The quantitative estimate of drug-likeness (QED) is 0.388. The zero-order valence-electron chi connectivity index (χ0n) is 15.2. The minimum atomic E-state index is -0.815. The molecule has 1 atom stereocenters. The van der Waals surface area contributed by atoms with E-state index >= 15 is 0 Å². The molecule has 27 heavy (non-hydrogen) atoms. The smallest absolute Gasteiger partial charge is 0.303 e. The van der Waals surface area contributed by atoms with Crippen molar-refractivity contribution >= 4 is 55.1 Å². The molecule has 0 saturated carbocycles. The molecule has 2 rings (SSSR count). The summed E-state index contributed by atoms with van der Waals surface area (Å²) in [6.45, 7) is 4.61. The number of aliphatic carboxylic acids is 1. The summed E-state index contributed by atoms with van der Waals surface area (Å²) in [6.07, 6.45) is 1.58. The van der Waals surface area contributed by atoms with Crippen molar-refractivity contribution in [1.29, 1.82) is 0 Å². The number of hydrogen-bond donors (Lipinski definition) is 2. The van der Waals surface area contributed by atoms with Gasteiger partial charge in [-0.15, -0.1) is 0 Å². The Morgan fingerprint density at radius 1 is 1.19 bits per heavy atom. The molecule has 0 spiro atoms. The molecule has 0 heterocycles. The van der Waals surface area contributed by atoms with E-state index in [-0.39, 0.29) is 6.42 Å². The second kappa shape index (κ2) is 10.3. The highest BCUT2D eigenvalue weighted by atomic mass is 79.9. The maximum absolute atomic E-state index is 10.7. The van der Waals surface area contributed by atoms with Gasteiger partial charge >= 0.3 is 5.97 Å². The Morgan fingerprint density at radius 3 is 2.44 bits per heavy atom. The van der Waals surface area contributed by atoms with Gasteiger partial charge in [0.2, 0.25) is 0 Å². The zero-order chi connectivity index (χ0) is 20.0. The van der Waals surface area contributed by atoms with Gasteiger partial charge in [0.05, 0.1) is 8.95 Å². The first-order valence-electron chi connectivity index (χ1n) is 8.67. The van der Waals surface area contributed by atoms with Crippen LogP contribution in [-0.4, -0.2) is 17.1 Å². The highest BCUT2D eigenvalue weighted by Gasteiger charge is 2.11. The maximum atomic E-state index is 10.7. The van der Waals surface area contributed by atoms with E-state index in [1.807, 2.05) is 30.3 Å². The van der Waals surface area contributed by atoms with E-state index in [1.54, 1.807) is 0 Å². The molecule has 2 N–H and O–H groups in total. The van der Waals surface area contributed by atoms with Crippen molar-refractivity contribution in [1.82, 2.24) is 0 Å². The Morgan fingerprint density at radius 2 is 1.85 bits per heavy atom. The van der Waals surface area contributed by atoms with Gasteiger partial charge in [0.25, 0.3) is 0 Å². The summed E-state index contributed by atoms with van der Waals surface area (Å²) in [5, 5.41) is 12.9. The molecule has 0 fully saturated rings. The van der Waals surface area contributed by atoms with Gasteiger partial charge in [-0.1, -0.05) is 18.5 Å². The van der Waals surface area contributed by atoms with Crippen LogP contribution in [0.15, 0.2) is 39.3 Å². The van der Waals surface area contributed by atoms with E-state index < -0.39 is 5.97 Å². The number of benzene rings is 2. The fraction of sp³-hybridized carbons (Fsp3) is 0.350. The van der Waals surface area contributed by atoms with Crippen molar-refractivity contribution < 1.29 is 14.6 Å². The zero-order valence-corrected chi connectivity index (χ0v) is 19.1. The third-order valence-electron chi connectivity index (χ3n) is 4.05. The Bertz CT molecular complexity index is 791. The Hall–Kier alpha value is -1.24. The topological polar surface area (TPSA) is 58.6 Å². The summed E-state index contributed by atoms with van der Waals surface area (Å²) in [5.41, 5.74) is 2.85. The summed E-state index contributed by atoms with van der Waals surface area (Å²) in [5.74, 6) is -0.143. The van der Waals surface area contributed by atoms with E-state index in [9.17, 15) is 4.79 Å². The molecule has 146 valence electrons. The number of ether oxygens (including phenoxy) is 1. The van der Waals surface area contributed by atoms with E-state index in [4.69, 9.17) is 21.4 Å². The average molecular weight is 520 g/mol. The van der Waals surface area contributed by atoms with Gasteiger partial charge < -0.3 is 15.2 Å². The molecule has 0 aliphatic heterocycles. The van der Waals surface area contributed by atoms with E-state index in [2.05, 4.69) is 51.0 Å². The highest BCUT2D eigenvalue weighted by Crippen LogP contribution is 2.36. The lowest BCUT2D eigenvalue weighted by Crippen LogP contribution is -2.13. The second-order valence-corrected chi connectivity index (χ2v) is 8.52. The van der Waals surface area contributed by atoms with Crippen LogP contribution >= 0.6 is 43.5 Å². The molecule has 1 unspecified atom stereocenters. The molecule has 2 aromatic carbocycles. The normalized spacial score (nSPS) is 11.9. The number of rotatable bonds is 9. The number of hydrogen-bond acceptors (Lipinski definition) is 3. The number of aryl methyl sites for hydroxylation is 1. The van der Waals surface area contributed by atoms with Gasteiger partial charge in [0.1, 0.15) is 12.4 Å². The molecule has 4 nitrogen and oxygen atoms in total. The van der Waals surface area contributed by atoms with Crippen molar-refractivity contribution in [3.63, 3.8) is 0 Å². The number of carboxylic acid groups (broad SMARTS) is 1. The minimum Gasteiger partial charge on any atom is -0.487 e. The molecule has 0 bridgehead atoms. The lowest BCUT2D eigenvalue weighted by Gasteiger charge is -2.16. The number of carbonyl (C=O) groups is 1. The molecule has 2 aromatic rings. The van der Waals surface area contributed by atoms with E-state index in [0.29, 0.717) is 29.8 Å². The number of halogens is 3. The highest BCUT2D eigenvalue weighted by molar-refractivity contribution is 9.11. The summed E-state index contributed by atoms with van der Waals surface area (Å²) >= 11 is 13.3. The third-order valence-corrected chi connectivity index (χ3v) is 5.45. The fourth-order valence-corrected chi connectivity index (χ4v) is 4.27. The SMILES string of the molecule is CCC(C)Nc1cc(Cl)cc(COc2c(Br)cc(CCC(=O)O)cc2Br)c1. The van der Waals surface area contributed by atoms with Crippen LogP contribution in [0.1, 0.15) is 37.8 Å². The lowest BCUT2D eigenvalue weighted by atomic mass is 10.1. The average Bonchev–Trinajstić information content (AvgIpc) is 2.58. The Balaban J connectivity index is 2.11. The van der Waals surface area contributed by atoms with Crippen LogP contribution in [0, 0.1) is 0 Å². The van der Waals surface area contributed by atoms with Crippen LogP contribution in [-0.2, 0) is 17.8 Å². The van der Waals surface area contributed by atoms with Crippen LogP contribution in [0.25, 0.3) is 0 Å². The second-order valence-electron chi connectivity index (χ2n) is 6.37. The van der Waals surface area contributed by atoms with Crippen LogP contribution in [0.3, 0.4) is 0 Å². The molecule has 0 saturated heterocycles. The molecule has 0 aliphatic rings. The van der Waals surface area contributed by atoms with Gasteiger partial charge in [0.15, 0.2) is 0 Å². The first-order chi connectivity index (χ1) is 12.8. The van der Waals surface area contributed by atoms with Crippen LogP contribution in [0.2, 0.25) is 5.02 Å². The van der Waals surface area contributed by atoms with Crippen LogP contribution in [0.4, 0.5) is 5.69 Å². The largest absolute Gasteiger partial charge is 0.487 e. The van der Waals surface area contributed by atoms with Crippen molar-refractivity contribution in [2.24, 2.45) is 0 Å². The van der Waals surface area contributed by atoms with Crippen molar-refractivity contribution in [2.45, 2.75) is 45.8 Å². The van der Waals surface area contributed by atoms with Gasteiger partial charge in [-0.3, -0.25) is 4.79 Å². The molecule has 7 heteroatoms. The van der Waals surface area contributed by atoms with Crippen molar-refractivity contribution in [3.8, 4) is 5.75 Å². The number of nitrogens with one attached hydrogen (secondary N) is 1. The summed E-state index contributed by atoms with van der Waals surface area (Å²) in [6, 6.07) is 9.94. The monoisotopic (exact) mass is 517 g/mol. The van der Waals surface area contributed by atoms with Gasteiger partial charge in [0, 0.05) is 23.2 Å². The predicted octanol–water partition coefficient (Wildman–Crippen LogP) is 6.67. The van der Waals surface area contributed by atoms with Crippen LogP contribution in [0.5, 0.6) is 5.75 Å². The summed E-state index contributed by atoms with van der Waals surface area (Å²) in [4.78, 5) is 10.7. The minimum absolute atomic E-state index is 0.0908. The molecule has 0 aliphatic carbocycles. The number of carboxylic acids is 1. The number of anilines is 1. The van der Waals surface area contributed by atoms with Gasteiger partial charge in [-0.05, 0) is 93.1 Å². The Kier molecular flexibility index (Phi) is 8.45. The van der Waals surface area contributed by atoms with Crippen molar-refractivity contribution in [2.75, 3.05) is 5.32 Å². The Labute approximate surface area is 181 Å². The first kappa shape index (κ1) is 22.1. The summed E-state index contributed by atoms with van der Waals surface area (Å²) in [7, 11) is 0. The van der Waals surface area contributed by atoms with Gasteiger partial charge in [-0.25, -0.2) is 0 Å². The molecular weight excluding hydrogens is 497 g/mol. The van der Waals surface area contributed by atoms with Crippen LogP contribution < -0.4 is 10.1 Å². The summed E-state index contributed by atoms with van der Waals surface area (Å²) < 4.78 is 7.53. The molecule has 0 aromatic heterocycles. The maximum Gasteiger partial charge on any atom is 0.303 e. The fourth-order valence-electron chi connectivity index (χ4n) is 2.51. The third kappa shape index (κ3) is 7.01. The predicted molar refractivity (Wildman–Crippen MR) is 117 cm³/mol. The molecule has 0 radical (unpaired) electrons. The lowest BCUT2D eigenvalue weighted by molar-refractivity contribution is -0.136.